The van der Waals surface area contributed by atoms with Crippen LogP contribution in [-0.2, 0) is 10.0 Å². The highest BCUT2D eigenvalue weighted by Gasteiger charge is 2.19. The number of nitrogens with one attached hydrogen (secondary N) is 1. The first-order chi connectivity index (χ1) is 9.29. The first-order valence-corrected chi connectivity index (χ1v) is 9.46. The molecule has 1 heterocycles. The van der Waals surface area contributed by atoms with Crippen LogP contribution in [0.2, 0.25) is 0 Å². The number of benzene rings is 1. The van der Waals surface area contributed by atoms with Crippen LogP contribution in [0.4, 0.5) is 5.69 Å². The number of thiocarbonyl (C=S) groups is 1. The van der Waals surface area contributed by atoms with Gasteiger partial charge in [0, 0.05) is 8.95 Å². The van der Waals surface area contributed by atoms with Gasteiger partial charge >= 0.3 is 0 Å². The maximum atomic E-state index is 12.3. The van der Waals surface area contributed by atoms with E-state index >= 15 is 0 Å². The van der Waals surface area contributed by atoms with Gasteiger partial charge < -0.3 is 5.73 Å². The van der Waals surface area contributed by atoms with Gasteiger partial charge in [-0.05, 0) is 46.3 Å². The Kier molecular flexibility index (Phi) is 4.85. The second kappa shape index (κ2) is 6.10. The summed E-state index contributed by atoms with van der Waals surface area (Å²) in [4.78, 5) is 0.744. The predicted molar refractivity (Wildman–Crippen MR) is 92.9 cm³/mol. The topological polar surface area (TPSA) is 72.2 Å². The van der Waals surface area contributed by atoms with Crippen molar-refractivity contribution >= 4 is 76.1 Å². The van der Waals surface area contributed by atoms with Crippen molar-refractivity contribution in [3.05, 3.63) is 44.2 Å². The maximum absolute atomic E-state index is 12.3. The largest absolute Gasteiger partial charge is 0.389 e. The molecule has 106 valence electrons. The van der Waals surface area contributed by atoms with Crippen LogP contribution in [0.15, 0.2) is 43.5 Å². The third-order valence-electron chi connectivity index (χ3n) is 2.26. The summed E-state index contributed by atoms with van der Waals surface area (Å²) in [6.07, 6.45) is 0. The van der Waals surface area contributed by atoms with Gasteiger partial charge in [0.25, 0.3) is 10.0 Å². The molecule has 0 aliphatic rings. The maximum Gasteiger partial charge on any atom is 0.271 e. The van der Waals surface area contributed by atoms with Crippen LogP contribution >= 0.6 is 55.4 Å². The molecule has 2 aromatic rings. The fraction of sp³-hybridized carbons (Fsp3) is 0. The average molecular weight is 456 g/mol. The highest BCUT2D eigenvalue weighted by Crippen LogP contribution is 2.30. The lowest BCUT2D eigenvalue weighted by Crippen LogP contribution is -2.12. The lowest BCUT2D eigenvalue weighted by molar-refractivity contribution is 0.603. The second-order valence-electron chi connectivity index (χ2n) is 3.71. The number of hydrogen-bond donors (Lipinski definition) is 2. The molecule has 3 N–H and O–H groups in total. The van der Waals surface area contributed by atoms with E-state index in [1.807, 2.05) is 0 Å². The van der Waals surface area contributed by atoms with Crippen molar-refractivity contribution in [1.29, 1.82) is 0 Å². The van der Waals surface area contributed by atoms with Gasteiger partial charge in [-0.2, -0.15) is 0 Å². The fourth-order valence-corrected chi connectivity index (χ4v) is 4.63. The average Bonchev–Trinajstić information content (AvgIpc) is 2.84. The standard InChI is InChI=1S/C11H8Br2N2O2S3/c12-6-1-2-7(13)8(5-6)15-20(16,17)10-4-3-9(19-10)11(14)18/h1-5,15H,(H2,14,18). The Morgan fingerprint density at radius 2 is 1.95 bits per heavy atom. The van der Waals surface area contributed by atoms with E-state index in [4.69, 9.17) is 18.0 Å². The summed E-state index contributed by atoms with van der Waals surface area (Å²) in [5, 5.41) is 0. The Morgan fingerprint density at radius 3 is 2.55 bits per heavy atom. The van der Waals surface area contributed by atoms with E-state index in [9.17, 15) is 8.42 Å². The number of sulfonamides is 1. The summed E-state index contributed by atoms with van der Waals surface area (Å²) < 4.78 is 28.7. The van der Waals surface area contributed by atoms with Crippen LogP contribution in [0.1, 0.15) is 4.88 Å². The number of thiophene rings is 1. The molecule has 0 amide bonds. The van der Waals surface area contributed by atoms with Gasteiger partial charge in [-0.15, -0.1) is 11.3 Å². The molecule has 0 saturated heterocycles. The van der Waals surface area contributed by atoms with Gasteiger partial charge in [-0.3, -0.25) is 4.72 Å². The zero-order valence-corrected chi connectivity index (χ0v) is 15.4. The van der Waals surface area contributed by atoms with E-state index < -0.39 is 10.0 Å². The minimum Gasteiger partial charge on any atom is -0.389 e. The van der Waals surface area contributed by atoms with Crippen LogP contribution in [0.25, 0.3) is 0 Å². The summed E-state index contributed by atoms with van der Waals surface area (Å²) in [5.41, 5.74) is 5.93. The Hall–Kier alpha value is -0.480. The first-order valence-electron chi connectivity index (χ1n) is 5.17. The molecule has 0 bridgehead atoms. The van der Waals surface area contributed by atoms with Crippen molar-refractivity contribution in [3.8, 4) is 0 Å². The summed E-state index contributed by atoms with van der Waals surface area (Å²) in [6.45, 7) is 0. The van der Waals surface area contributed by atoms with Crippen LogP contribution in [-0.4, -0.2) is 13.4 Å². The van der Waals surface area contributed by atoms with E-state index in [-0.39, 0.29) is 9.20 Å². The van der Waals surface area contributed by atoms with Gasteiger partial charge in [-0.1, -0.05) is 28.1 Å². The van der Waals surface area contributed by atoms with E-state index in [1.165, 1.54) is 6.07 Å². The highest BCUT2D eigenvalue weighted by molar-refractivity contribution is 9.11. The van der Waals surface area contributed by atoms with Crippen LogP contribution in [0.3, 0.4) is 0 Å². The Morgan fingerprint density at radius 1 is 1.25 bits per heavy atom. The molecule has 0 aliphatic carbocycles. The van der Waals surface area contributed by atoms with Crippen LogP contribution in [0, 0.1) is 0 Å². The van der Waals surface area contributed by atoms with E-state index in [0.29, 0.717) is 15.0 Å². The third kappa shape index (κ3) is 3.59. The SMILES string of the molecule is NC(=S)c1ccc(S(=O)(=O)Nc2cc(Br)ccc2Br)s1. The Balaban J connectivity index is 2.35. The van der Waals surface area contributed by atoms with Gasteiger partial charge in [0.2, 0.25) is 0 Å². The minimum atomic E-state index is -3.66. The molecule has 2 rings (SSSR count). The van der Waals surface area contributed by atoms with Gasteiger partial charge in [0.05, 0.1) is 10.6 Å². The van der Waals surface area contributed by atoms with E-state index in [2.05, 4.69) is 36.6 Å². The first kappa shape index (κ1) is 15.9. The monoisotopic (exact) mass is 454 g/mol. The normalized spacial score (nSPS) is 11.3. The molecular weight excluding hydrogens is 448 g/mol. The quantitative estimate of drug-likeness (QED) is 0.689. The summed E-state index contributed by atoms with van der Waals surface area (Å²) >= 11 is 12.5. The number of nitrogens with two attached hydrogens (primary N) is 1. The zero-order valence-electron chi connectivity index (χ0n) is 9.76. The summed E-state index contributed by atoms with van der Waals surface area (Å²) in [6, 6.07) is 8.30. The van der Waals surface area contributed by atoms with Crippen molar-refractivity contribution in [3.63, 3.8) is 0 Å². The molecule has 0 radical (unpaired) electrons. The zero-order chi connectivity index (χ0) is 14.9. The molecule has 20 heavy (non-hydrogen) atoms. The van der Waals surface area contributed by atoms with Crippen molar-refractivity contribution in [1.82, 2.24) is 0 Å². The molecule has 0 fully saturated rings. The molecular formula is C11H8Br2N2O2S3. The summed E-state index contributed by atoms with van der Waals surface area (Å²) in [5.74, 6) is 0. The number of anilines is 1. The minimum absolute atomic E-state index is 0.159. The summed E-state index contributed by atoms with van der Waals surface area (Å²) in [7, 11) is -3.66. The molecule has 0 aliphatic heterocycles. The van der Waals surface area contributed by atoms with Gasteiger partial charge in [-0.25, -0.2) is 8.42 Å². The molecule has 1 aromatic heterocycles. The van der Waals surface area contributed by atoms with E-state index in [1.54, 1.807) is 24.3 Å². The van der Waals surface area contributed by atoms with Crippen LogP contribution in [0.5, 0.6) is 0 Å². The molecule has 1 aromatic carbocycles. The molecule has 0 atom stereocenters. The lowest BCUT2D eigenvalue weighted by atomic mass is 10.3. The van der Waals surface area contributed by atoms with Crippen molar-refractivity contribution in [2.24, 2.45) is 5.73 Å². The fourth-order valence-electron chi connectivity index (χ4n) is 1.37. The van der Waals surface area contributed by atoms with E-state index in [0.717, 1.165) is 15.8 Å². The molecule has 0 saturated carbocycles. The van der Waals surface area contributed by atoms with Gasteiger partial charge in [0.15, 0.2) is 0 Å². The van der Waals surface area contributed by atoms with Crippen molar-refractivity contribution in [2.45, 2.75) is 4.21 Å². The van der Waals surface area contributed by atoms with Crippen LogP contribution < -0.4 is 10.5 Å². The highest BCUT2D eigenvalue weighted by atomic mass is 79.9. The molecule has 4 nitrogen and oxygen atoms in total. The second-order valence-corrected chi connectivity index (χ2v) is 8.92. The third-order valence-corrected chi connectivity index (χ3v) is 6.77. The number of halogens is 2. The Labute approximate surface area is 142 Å². The predicted octanol–water partition coefficient (Wildman–Crippen LogP) is 3.71. The molecule has 0 unspecified atom stereocenters. The smallest absolute Gasteiger partial charge is 0.271 e. The van der Waals surface area contributed by atoms with Crippen molar-refractivity contribution < 1.29 is 8.42 Å². The molecule has 9 heteroatoms. The Bertz CT molecular complexity index is 772. The van der Waals surface area contributed by atoms with Crippen molar-refractivity contribution in [2.75, 3.05) is 4.72 Å². The molecule has 0 spiro atoms. The lowest BCUT2D eigenvalue weighted by Gasteiger charge is -2.08. The number of rotatable bonds is 4. The number of hydrogen-bond acceptors (Lipinski definition) is 4. The van der Waals surface area contributed by atoms with Gasteiger partial charge in [0.1, 0.15) is 9.20 Å².